The second-order valence-corrected chi connectivity index (χ2v) is 10.7. The Morgan fingerprint density at radius 1 is 1.11 bits per heavy atom. The predicted octanol–water partition coefficient (Wildman–Crippen LogP) is 4.15. The van der Waals surface area contributed by atoms with Crippen molar-refractivity contribution in [2.45, 2.75) is 56.4 Å². The molecule has 2 rings (SSSR count). The minimum absolute atomic E-state index is 0.0680. The molecule has 2 fully saturated rings. The average molecular weight is 456 g/mol. The highest BCUT2D eigenvalue weighted by molar-refractivity contribution is 6.67. The van der Waals surface area contributed by atoms with Crippen LogP contribution in [0.1, 0.15) is 46.5 Å². The van der Waals surface area contributed by atoms with Crippen LogP contribution in [0.4, 0.5) is 0 Å². The molecule has 0 aromatic heterocycles. The standard InChI is InChI=1S/C19H25Cl3O6/c1-11(16(25)26-9-15(24)27-10-19(20,21)22)7-14(23)28-13-8-12-5-6-18(13,4)17(12,2)3/h12-13H,1,5-10H2,2-4H3/t12-,13-,18+/m1/s1. The zero-order valence-corrected chi connectivity index (χ0v) is 18.5. The first-order chi connectivity index (χ1) is 12.8. The molecule has 0 amide bonds. The highest BCUT2D eigenvalue weighted by Crippen LogP contribution is 2.66. The number of ether oxygens (including phenoxy) is 3. The van der Waals surface area contributed by atoms with E-state index in [0.717, 1.165) is 19.3 Å². The van der Waals surface area contributed by atoms with E-state index in [0.29, 0.717) is 5.92 Å². The molecule has 2 saturated carbocycles. The topological polar surface area (TPSA) is 78.9 Å². The molecule has 9 heteroatoms. The maximum atomic E-state index is 12.3. The Hall–Kier alpha value is -0.980. The van der Waals surface area contributed by atoms with E-state index in [1.165, 1.54) is 0 Å². The number of esters is 3. The van der Waals surface area contributed by atoms with Crippen molar-refractivity contribution in [2.24, 2.45) is 16.7 Å². The molecule has 2 aliphatic rings. The summed E-state index contributed by atoms with van der Waals surface area (Å²) < 4.78 is 13.3. The van der Waals surface area contributed by atoms with Crippen LogP contribution < -0.4 is 0 Å². The van der Waals surface area contributed by atoms with Gasteiger partial charge in [-0.15, -0.1) is 0 Å². The molecular weight excluding hydrogens is 431 g/mol. The van der Waals surface area contributed by atoms with Crippen molar-refractivity contribution < 1.29 is 28.6 Å². The summed E-state index contributed by atoms with van der Waals surface area (Å²) in [5, 5.41) is 0. The highest BCUT2D eigenvalue weighted by Gasteiger charge is 2.62. The smallest absolute Gasteiger partial charge is 0.344 e. The van der Waals surface area contributed by atoms with E-state index in [4.69, 9.17) is 44.3 Å². The van der Waals surface area contributed by atoms with Crippen molar-refractivity contribution in [1.82, 2.24) is 0 Å². The van der Waals surface area contributed by atoms with E-state index in [1.54, 1.807) is 0 Å². The van der Waals surface area contributed by atoms with E-state index >= 15 is 0 Å². The van der Waals surface area contributed by atoms with Crippen LogP contribution >= 0.6 is 34.8 Å². The van der Waals surface area contributed by atoms with Gasteiger partial charge in [0.1, 0.15) is 12.7 Å². The van der Waals surface area contributed by atoms with Gasteiger partial charge in [0, 0.05) is 11.0 Å². The zero-order valence-electron chi connectivity index (χ0n) is 16.2. The van der Waals surface area contributed by atoms with Crippen molar-refractivity contribution in [3.63, 3.8) is 0 Å². The van der Waals surface area contributed by atoms with Crippen molar-refractivity contribution in [1.29, 1.82) is 0 Å². The van der Waals surface area contributed by atoms with Crippen LogP contribution in [0.25, 0.3) is 0 Å². The van der Waals surface area contributed by atoms with Gasteiger partial charge in [0.25, 0.3) is 0 Å². The van der Waals surface area contributed by atoms with Crippen LogP contribution in [-0.2, 0) is 28.6 Å². The summed E-state index contributed by atoms with van der Waals surface area (Å²) in [7, 11) is 0. The lowest BCUT2D eigenvalue weighted by atomic mass is 9.70. The van der Waals surface area contributed by atoms with Gasteiger partial charge in [-0.05, 0) is 30.6 Å². The van der Waals surface area contributed by atoms with Crippen LogP contribution in [0.3, 0.4) is 0 Å². The summed E-state index contributed by atoms with van der Waals surface area (Å²) >= 11 is 16.3. The Morgan fingerprint density at radius 3 is 2.25 bits per heavy atom. The fourth-order valence-corrected chi connectivity index (χ4v) is 4.35. The second-order valence-electron chi connectivity index (χ2n) is 8.22. The number of hydrogen-bond acceptors (Lipinski definition) is 6. The number of halogens is 3. The van der Waals surface area contributed by atoms with Crippen LogP contribution in [0.15, 0.2) is 12.2 Å². The molecule has 2 aliphatic carbocycles. The number of hydrogen-bond donors (Lipinski definition) is 0. The van der Waals surface area contributed by atoms with Gasteiger partial charge in [0.05, 0.1) is 6.42 Å². The monoisotopic (exact) mass is 454 g/mol. The molecule has 0 spiro atoms. The first-order valence-electron chi connectivity index (χ1n) is 9.03. The molecule has 0 aliphatic heterocycles. The number of carbonyl (C=O) groups excluding carboxylic acids is 3. The Labute approximate surface area is 179 Å². The van der Waals surface area contributed by atoms with Gasteiger partial charge in [-0.3, -0.25) is 4.79 Å². The maximum Gasteiger partial charge on any atom is 0.344 e. The second kappa shape index (κ2) is 8.41. The van der Waals surface area contributed by atoms with Gasteiger partial charge in [-0.2, -0.15) is 0 Å². The molecule has 0 unspecified atom stereocenters. The maximum absolute atomic E-state index is 12.3. The molecule has 6 nitrogen and oxygen atoms in total. The average Bonchev–Trinajstić information content (AvgIpc) is 2.90. The van der Waals surface area contributed by atoms with E-state index in [2.05, 4.69) is 32.1 Å². The summed E-state index contributed by atoms with van der Waals surface area (Å²) in [6.45, 7) is 8.98. The number of alkyl halides is 3. The fourth-order valence-electron chi connectivity index (χ4n) is 4.19. The Balaban J connectivity index is 1.76. The van der Waals surface area contributed by atoms with Gasteiger partial charge in [0.2, 0.25) is 3.79 Å². The lowest BCUT2D eigenvalue weighted by Crippen LogP contribution is -2.38. The molecule has 0 radical (unpaired) electrons. The predicted molar refractivity (Wildman–Crippen MR) is 105 cm³/mol. The van der Waals surface area contributed by atoms with Gasteiger partial charge in [-0.1, -0.05) is 62.2 Å². The Bertz CT molecular complexity index is 669. The number of fused-ring (bicyclic) bond motifs is 2. The normalized spacial score (nSPS) is 27.9. The summed E-state index contributed by atoms with van der Waals surface area (Å²) in [4.78, 5) is 35.6. The SMILES string of the molecule is C=C(CC(=O)O[C@@H]1C[C@H]2CC[C@]1(C)C2(C)C)C(=O)OCC(=O)OCC(Cl)(Cl)Cl. The van der Waals surface area contributed by atoms with Gasteiger partial charge in [-0.25, -0.2) is 9.59 Å². The van der Waals surface area contributed by atoms with E-state index in [-0.39, 0.29) is 28.9 Å². The molecular formula is C19H25Cl3O6. The molecule has 28 heavy (non-hydrogen) atoms. The van der Waals surface area contributed by atoms with Gasteiger partial charge in [0.15, 0.2) is 6.61 Å². The van der Waals surface area contributed by atoms with Gasteiger partial charge < -0.3 is 14.2 Å². The van der Waals surface area contributed by atoms with Crippen molar-refractivity contribution in [2.75, 3.05) is 13.2 Å². The third-order valence-electron chi connectivity index (χ3n) is 6.35. The van der Waals surface area contributed by atoms with E-state index < -0.39 is 34.9 Å². The summed E-state index contributed by atoms with van der Waals surface area (Å²) in [5.41, 5.74) is -0.0609. The van der Waals surface area contributed by atoms with E-state index in [1.807, 2.05) is 0 Å². The molecule has 3 atom stereocenters. The van der Waals surface area contributed by atoms with Crippen LogP contribution in [0.2, 0.25) is 0 Å². The minimum Gasteiger partial charge on any atom is -0.462 e. The molecule has 2 bridgehead atoms. The molecule has 0 heterocycles. The quantitative estimate of drug-likeness (QED) is 0.248. The summed E-state index contributed by atoms with van der Waals surface area (Å²) in [6.07, 6.45) is 2.52. The number of carbonyl (C=O) groups is 3. The van der Waals surface area contributed by atoms with Crippen LogP contribution in [0, 0.1) is 16.7 Å². The molecule has 0 aromatic carbocycles. The Morgan fingerprint density at radius 2 is 1.75 bits per heavy atom. The highest BCUT2D eigenvalue weighted by atomic mass is 35.6. The lowest BCUT2D eigenvalue weighted by Gasteiger charge is -2.38. The van der Waals surface area contributed by atoms with Crippen molar-refractivity contribution >= 4 is 52.7 Å². The first kappa shape index (κ1) is 23.3. The van der Waals surface area contributed by atoms with Crippen molar-refractivity contribution in [3.8, 4) is 0 Å². The third-order valence-corrected chi connectivity index (χ3v) is 6.68. The van der Waals surface area contributed by atoms with Crippen molar-refractivity contribution in [3.05, 3.63) is 12.2 Å². The van der Waals surface area contributed by atoms with Crippen LogP contribution in [0.5, 0.6) is 0 Å². The Kier molecular flexibility index (Phi) is 6.99. The fraction of sp³-hybridized carbons (Fsp3) is 0.737. The van der Waals surface area contributed by atoms with Gasteiger partial charge >= 0.3 is 17.9 Å². The van der Waals surface area contributed by atoms with Crippen LogP contribution in [-0.4, -0.2) is 41.0 Å². The van der Waals surface area contributed by atoms with E-state index in [9.17, 15) is 14.4 Å². The molecule has 158 valence electrons. The lowest BCUT2D eigenvalue weighted by molar-refractivity contribution is -0.159. The zero-order chi connectivity index (χ0) is 21.3. The molecule has 0 aromatic rings. The number of rotatable bonds is 7. The third kappa shape index (κ3) is 5.14. The molecule has 0 N–H and O–H groups in total. The first-order valence-corrected chi connectivity index (χ1v) is 10.2. The summed E-state index contributed by atoms with van der Waals surface area (Å²) in [5.74, 6) is -1.77. The minimum atomic E-state index is -1.75. The molecule has 0 saturated heterocycles. The summed E-state index contributed by atoms with van der Waals surface area (Å²) in [6, 6.07) is 0. The largest absolute Gasteiger partial charge is 0.462 e.